The molecule has 0 amide bonds. The van der Waals surface area contributed by atoms with Crippen molar-refractivity contribution < 1.29 is 44.1 Å². The van der Waals surface area contributed by atoms with Gasteiger partial charge < -0.3 is 14.0 Å². The Hall–Kier alpha value is 0.544. The molecule has 7 heteroatoms. The van der Waals surface area contributed by atoms with Crippen LogP contribution in [0.15, 0.2) is 0 Å². The third-order valence-corrected chi connectivity index (χ3v) is 1.50. The number of hydrogen-bond donors (Lipinski definition) is 1. The van der Waals surface area contributed by atoms with Gasteiger partial charge in [0.2, 0.25) is 0 Å². The molecule has 0 heterocycles. The molecule has 0 rings (SSSR count). The minimum Gasteiger partial charge on any atom is -0.759 e. The van der Waals surface area contributed by atoms with Crippen molar-refractivity contribution in [2.45, 2.75) is 20.8 Å². The molecule has 80 valence electrons. The predicted molar refractivity (Wildman–Crippen MR) is 43.1 cm³/mol. The summed E-state index contributed by atoms with van der Waals surface area (Å²) in [6.07, 6.45) is 0. The van der Waals surface area contributed by atoms with E-state index in [1.807, 2.05) is 0 Å². The van der Waals surface area contributed by atoms with Crippen molar-refractivity contribution >= 4 is 10.4 Å². The Kier molecular flexibility index (Phi) is 15.7. The summed E-state index contributed by atoms with van der Waals surface area (Å²) in [4.78, 5) is 1.68. The molecule has 0 atom stereocenters. The first-order valence-electron chi connectivity index (χ1n) is 3.85. The molecule has 13 heavy (non-hydrogen) atoms. The van der Waals surface area contributed by atoms with Crippen molar-refractivity contribution in [1.29, 1.82) is 0 Å². The second-order valence-electron chi connectivity index (χ2n) is 2.22. The second kappa shape index (κ2) is 10.6. The van der Waals surface area contributed by atoms with Crippen molar-refractivity contribution in [2.24, 2.45) is 0 Å². The maximum absolute atomic E-state index is 8.52. The van der Waals surface area contributed by atoms with Crippen LogP contribution in [0, 0.1) is 0 Å². The van der Waals surface area contributed by atoms with Crippen molar-refractivity contribution in [3.05, 3.63) is 0 Å². The monoisotopic (exact) mass is 246 g/mol. The van der Waals surface area contributed by atoms with Crippen molar-refractivity contribution in [1.82, 2.24) is 0 Å². The van der Waals surface area contributed by atoms with Crippen molar-refractivity contribution in [2.75, 3.05) is 19.6 Å². The molecule has 0 aromatic carbocycles. The Morgan fingerprint density at radius 1 is 1.00 bits per heavy atom. The van der Waals surface area contributed by atoms with E-state index in [1.165, 1.54) is 19.6 Å². The van der Waals surface area contributed by atoms with Gasteiger partial charge in [0.15, 0.2) is 0 Å². The molecule has 0 radical (unpaired) electrons. The summed E-state index contributed by atoms with van der Waals surface area (Å²) in [6.45, 7) is 10.5. The minimum absolute atomic E-state index is 0. The van der Waals surface area contributed by atoms with Crippen LogP contribution in [0.5, 0.6) is 0 Å². The van der Waals surface area contributed by atoms with E-state index in [9.17, 15) is 0 Å². The summed E-state index contributed by atoms with van der Waals surface area (Å²) in [5.41, 5.74) is 0. The first-order valence-corrected chi connectivity index (χ1v) is 5.18. The van der Waals surface area contributed by atoms with Gasteiger partial charge in [-0.2, -0.15) is 0 Å². The summed E-state index contributed by atoms with van der Waals surface area (Å²) < 4.78 is 34.1. The third kappa shape index (κ3) is 32.6. The maximum atomic E-state index is 8.52. The molecular weight excluding hydrogens is 230 g/mol. The van der Waals surface area contributed by atoms with Gasteiger partial charge in [-0.3, -0.25) is 8.42 Å². The molecule has 0 spiro atoms. The Labute approximate surface area is 95.0 Å². The van der Waals surface area contributed by atoms with Crippen LogP contribution in [0.1, 0.15) is 20.8 Å². The Morgan fingerprint density at radius 3 is 1.15 bits per heavy atom. The maximum Gasteiger partial charge on any atom is 0.0742 e. The molecule has 5 nitrogen and oxygen atoms in total. The molecule has 0 aromatic rings. The summed E-state index contributed by atoms with van der Waals surface area (Å²) in [6, 6.07) is 0. The van der Waals surface area contributed by atoms with Crippen molar-refractivity contribution in [3.63, 3.8) is 0 Å². The van der Waals surface area contributed by atoms with Gasteiger partial charge in [0.25, 0.3) is 0 Å². The van der Waals surface area contributed by atoms with Crippen LogP contribution in [0.2, 0.25) is 0 Å². The first-order chi connectivity index (χ1) is 5.35. The van der Waals surface area contributed by atoms with E-state index >= 15 is 0 Å². The fourth-order valence-corrected chi connectivity index (χ4v) is 0.750. The van der Waals surface area contributed by atoms with E-state index in [2.05, 4.69) is 20.8 Å². The van der Waals surface area contributed by atoms with Crippen LogP contribution >= 0.6 is 0 Å². The summed E-state index contributed by atoms with van der Waals surface area (Å²) >= 11 is 0. The van der Waals surface area contributed by atoms with Gasteiger partial charge in [0, 0.05) is 32.1 Å². The molecule has 0 unspecified atom stereocenters. The number of rotatable bonds is 3. The van der Waals surface area contributed by atoms with Crippen LogP contribution in [-0.2, 0) is 32.1 Å². The largest absolute Gasteiger partial charge is 0.759 e. The Morgan fingerprint density at radius 2 is 1.15 bits per heavy atom. The molecule has 0 aliphatic carbocycles. The number of hydrogen-bond acceptors (Lipinski definition) is 4. The summed E-state index contributed by atoms with van der Waals surface area (Å²) in [5.74, 6) is 0. The molecular formula is C6H16NO4STi-. The first kappa shape index (κ1) is 19.2. The zero-order valence-electron chi connectivity index (χ0n) is 8.16. The SMILES string of the molecule is CC[NH+](CC)CC.O=S(=O)([O-])[O-].[Ti]. The van der Waals surface area contributed by atoms with E-state index < -0.39 is 10.4 Å². The Balaban J connectivity index is -0.000000150. The van der Waals surface area contributed by atoms with Crippen LogP contribution in [0.3, 0.4) is 0 Å². The smallest absolute Gasteiger partial charge is 0.0742 e. The summed E-state index contributed by atoms with van der Waals surface area (Å²) in [5, 5.41) is 0. The second-order valence-corrected chi connectivity index (χ2v) is 3.04. The van der Waals surface area contributed by atoms with Gasteiger partial charge >= 0.3 is 0 Å². The van der Waals surface area contributed by atoms with Gasteiger partial charge in [-0.15, -0.1) is 0 Å². The molecule has 0 saturated heterocycles. The van der Waals surface area contributed by atoms with Crippen molar-refractivity contribution in [3.8, 4) is 0 Å². The quantitative estimate of drug-likeness (QED) is 0.376. The topological polar surface area (TPSA) is 84.7 Å². The number of quaternary nitrogens is 1. The zero-order valence-corrected chi connectivity index (χ0v) is 10.5. The third-order valence-electron chi connectivity index (χ3n) is 1.50. The predicted octanol–water partition coefficient (Wildman–Crippen LogP) is -1.41. The fraction of sp³-hybridized carbons (Fsp3) is 1.00. The van der Waals surface area contributed by atoms with Crippen LogP contribution in [-0.4, -0.2) is 37.2 Å². The molecule has 0 aliphatic heterocycles. The van der Waals surface area contributed by atoms with E-state index in [0.717, 1.165) is 0 Å². The molecule has 0 aliphatic rings. The van der Waals surface area contributed by atoms with E-state index in [1.54, 1.807) is 4.90 Å². The van der Waals surface area contributed by atoms with E-state index in [4.69, 9.17) is 17.5 Å². The van der Waals surface area contributed by atoms with Gasteiger partial charge in [0.05, 0.1) is 19.6 Å². The standard InChI is InChI=1S/C6H15N.H2O4S.Ti/c1-4-7(5-2)6-3;1-5(2,3)4;/h4-6H2,1-3H3;(H2,1,2,3,4);/p-1. The van der Waals surface area contributed by atoms with Gasteiger partial charge in [-0.05, 0) is 20.8 Å². The molecule has 1 N–H and O–H groups in total. The minimum atomic E-state index is -5.17. The normalized spacial score (nSPS) is 10.0. The van der Waals surface area contributed by atoms with Crippen LogP contribution in [0.25, 0.3) is 0 Å². The average Bonchev–Trinajstić information content (AvgIpc) is 1.88. The van der Waals surface area contributed by atoms with E-state index in [-0.39, 0.29) is 21.7 Å². The molecule has 0 aromatic heterocycles. The number of nitrogens with one attached hydrogen (secondary N) is 1. The van der Waals surface area contributed by atoms with Crippen LogP contribution < -0.4 is 4.90 Å². The van der Waals surface area contributed by atoms with Gasteiger partial charge in [-0.25, -0.2) is 0 Å². The van der Waals surface area contributed by atoms with Crippen LogP contribution in [0.4, 0.5) is 0 Å². The zero-order chi connectivity index (χ0) is 10.2. The van der Waals surface area contributed by atoms with Gasteiger partial charge in [0.1, 0.15) is 0 Å². The summed E-state index contributed by atoms with van der Waals surface area (Å²) in [7, 11) is -5.17. The molecule has 0 saturated carbocycles. The molecule has 0 fully saturated rings. The Bertz CT molecular complexity index is 166. The van der Waals surface area contributed by atoms with Gasteiger partial charge in [-0.1, -0.05) is 0 Å². The van der Waals surface area contributed by atoms with E-state index in [0.29, 0.717) is 0 Å². The molecule has 0 bridgehead atoms. The fourth-order valence-electron chi connectivity index (χ4n) is 0.750. The average molecular weight is 246 g/mol.